The van der Waals surface area contributed by atoms with Gasteiger partial charge in [-0.15, -0.1) is 6.61 Å². The molecule has 0 spiro atoms. The molecule has 0 unspecified atom stereocenters. The van der Waals surface area contributed by atoms with Crippen LogP contribution in [0, 0.1) is 0 Å². The Morgan fingerprint density at radius 3 is 2.00 bits per heavy atom. The predicted octanol–water partition coefficient (Wildman–Crippen LogP) is 0.166. The van der Waals surface area contributed by atoms with Crippen molar-refractivity contribution in [3.05, 3.63) is 35.9 Å². The zero-order valence-corrected chi connectivity index (χ0v) is 9.57. The van der Waals surface area contributed by atoms with Gasteiger partial charge in [0.1, 0.15) is 0 Å². The second-order valence-corrected chi connectivity index (χ2v) is 1.63. The maximum atomic E-state index is 10.1. The molecule has 9 heavy (non-hydrogen) atoms. The summed E-state index contributed by atoms with van der Waals surface area (Å²) in [5.74, 6) is 0. The van der Waals surface area contributed by atoms with Gasteiger partial charge in [0, 0.05) is 0 Å². The molecule has 0 aliphatic heterocycles. The molecule has 2 heteroatoms. The number of hydrogen-bond acceptors (Lipinski definition) is 1. The Labute approximate surface area is 74.9 Å². The maximum Gasteiger partial charge on any atom is 1.00 e. The smallest absolute Gasteiger partial charge is 0.851 e. The minimum atomic E-state index is -0.110. The Morgan fingerprint density at radius 1 is 1.11 bits per heavy atom. The maximum absolute atomic E-state index is 10.1. The molecule has 0 radical (unpaired) electrons. The van der Waals surface area contributed by atoms with Gasteiger partial charge in [0.25, 0.3) is 0 Å². The van der Waals surface area contributed by atoms with Crippen LogP contribution in [0.25, 0.3) is 0 Å². The first-order chi connectivity index (χ1) is 3.93. The Balaban J connectivity index is 0.000000640. The molecule has 44 valence electrons. The fourth-order valence-electron chi connectivity index (χ4n) is 0.574. The number of benzene rings is 1. The first kappa shape index (κ1) is 9.10. The van der Waals surface area contributed by atoms with E-state index in [-0.39, 0.29) is 33.9 Å². The summed E-state index contributed by atoms with van der Waals surface area (Å²) in [6.45, 7) is -0.110. The standard InChI is InChI=1S/C7H7O.Tl/c8-6-7-4-2-1-3-5-7;/h1-5H,6H2;/q-1;+1. The Kier molecular flexibility index (Phi) is 4.99. The number of rotatable bonds is 1. The van der Waals surface area contributed by atoms with Crippen LogP contribution < -0.4 is 5.11 Å². The van der Waals surface area contributed by atoms with Crippen molar-refractivity contribution in [1.82, 2.24) is 0 Å². The van der Waals surface area contributed by atoms with Crippen LogP contribution in [-0.2, 0) is 6.61 Å². The van der Waals surface area contributed by atoms with Gasteiger partial charge in [0.15, 0.2) is 0 Å². The summed E-state index contributed by atoms with van der Waals surface area (Å²) in [6, 6.07) is 9.29. The molecule has 0 aliphatic rings. The molecule has 1 rings (SSSR count). The SMILES string of the molecule is [O-]Cc1ccccc1.[Tl+]. The summed E-state index contributed by atoms with van der Waals surface area (Å²) >= 11 is 0. The van der Waals surface area contributed by atoms with Crippen LogP contribution in [0.15, 0.2) is 30.3 Å². The summed E-state index contributed by atoms with van der Waals surface area (Å²) in [7, 11) is 0. The van der Waals surface area contributed by atoms with E-state index >= 15 is 0 Å². The summed E-state index contributed by atoms with van der Waals surface area (Å²) in [6.07, 6.45) is 0. The zero-order chi connectivity index (χ0) is 5.82. The van der Waals surface area contributed by atoms with Gasteiger partial charge in [0.2, 0.25) is 0 Å². The van der Waals surface area contributed by atoms with Crippen molar-refractivity contribution >= 4 is 27.3 Å². The van der Waals surface area contributed by atoms with Gasteiger partial charge in [-0.05, 0) is 0 Å². The van der Waals surface area contributed by atoms with Crippen molar-refractivity contribution < 1.29 is 5.11 Å². The molecule has 0 saturated heterocycles. The van der Waals surface area contributed by atoms with Crippen LogP contribution in [0.3, 0.4) is 0 Å². The average molecular weight is 312 g/mol. The molecular formula is C7H7OTl. The van der Waals surface area contributed by atoms with Gasteiger partial charge in [-0.3, -0.25) is 0 Å². The van der Waals surface area contributed by atoms with Gasteiger partial charge in [-0.1, -0.05) is 35.9 Å². The van der Waals surface area contributed by atoms with Crippen LogP contribution in [0.4, 0.5) is 0 Å². The monoisotopic (exact) mass is 312 g/mol. The first-order valence-corrected chi connectivity index (χ1v) is 2.55. The quantitative estimate of drug-likeness (QED) is 0.678. The Hall–Kier alpha value is 0.102. The molecule has 1 aromatic rings. The topological polar surface area (TPSA) is 23.1 Å². The molecule has 0 aliphatic carbocycles. The largest absolute Gasteiger partial charge is 1.00 e. The van der Waals surface area contributed by atoms with Crippen molar-refractivity contribution in [2.45, 2.75) is 6.61 Å². The van der Waals surface area contributed by atoms with Crippen LogP contribution in [-0.4, -0.2) is 27.3 Å². The first-order valence-electron chi connectivity index (χ1n) is 2.55. The van der Waals surface area contributed by atoms with Crippen LogP contribution in [0.2, 0.25) is 0 Å². The summed E-state index contributed by atoms with van der Waals surface area (Å²) < 4.78 is 0. The van der Waals surface area contributed by atoms with Crippen LogP contribution >= 0.6 is 0 Å². The fourth-order valence-corrected chi connectivity index (χ4v) is 0.574. The molecule has 0 atom stereocenters. The van der Waals surface area contributed by atoms with E-state index in [1.807, 2.05) is 30.3 Å². The van der Waals surface area contributed by atoms with Crippen molar-refractivity contribution in [1.29, 1.82) is 0 Å². The van der Waals surface area contributed by atoms with Crippen molar-refractivity contribution in [2.75, 3.05) is 0 Å². The van der Waals surface area contributed by atoms with Crippen LogP contribution in [0.1, 0.15) is 5.56 Å². The molecule has 1 aromatic carbocycles. The molecule has 1 nitrogen and oxygen atoms in total. The second kappa shape index (κ2) is 4.93. The van der Waals surface area contributed by atoms with Gasteiger partial charge in [0.05, 0.1) is 0 Å². The van der Waals surface area contributed by atoms with E-state index in [1.165, 1.54) is 0 Å². The summed E-state index contributed by atoms with van der Waals surface area (Å²) in [5.41, 5.74) is 0.854. The zero-order valence-electron chi connectivity index (χ0n) is 5.08. The summed E-state index contributed by atoms with van der Waals surface area (Å²) in [5, 5.41) is 10.1. The molecular weight excluding hydrogens is 304 g/mol. The van der Waals surface area contributed by atoms with E-state index in [0.717, 1.165) is 5.56 Å². The Bertz CT molecular complexity index is 150. The molecule has 0 fully saturated rings. The van der Waals surface area contributed by atoms with E-state index in [2.05, 4.69) is 0 Å². The van der Waals surface area contributed by atoms with Crippen molar-refractivity contribution in [3.63, 3.8) is 0 Å². The van der Waals surface area contributed by atoms with Gasteiger partial charge < -0.3 is 5.11 Å². The molecule has 0 bridgehead atoms. The predicted molar refractivity (Wildman–Crippen MR) is 35.9 cm³/mol. The van der Waals surface area contributed by atoms with Gasteiger partial charge >= 0.3 is 27.3 Å². The second-order valence-electron chi connectivity index (χ2n) is 1.63. The third kappa shape index (κ3) is 2.96. The van der Waals surface area contributed by atoms with E-state index in [9.17, 15) is 5.11 Å². The molecule has 0 aromatic heterocycles. The minimum Gasteiger partial charge on any atom is -0.851 e. The minimum absolute atomic E-state index is 0. The summed E-state index contributed by atoms with van der Waals surface area (Å²) in [4.78, 5) is 0. The Morgan fingerprint density at radius 2 is 1.67 bits per heavy atom. The third-order valence-electron chi connectivity index (χ3n) is 1.01. The fraction of sp³-hybridized carbons (Fsp3) is 0.143. The van der Waals surface area contributed by atoms with E-state index in [0.29, 0.717) is 0 Å². The van der Waals surface area contributed by atoms with E-state index < -0.39 is 0 Å². The molecule has 0 amide bonds. The van der Waals surface area contributed by atoms with Gasteiger partial charge in [-0.25, -0.2) is 0 Å². The van der Waals surface area contributed by atoms with E-state index in [1.54, 1.807) is 0 Å². The van der Waals surface area contributed by atoms with Crippen molar-refractivity contribution in [3.8, 4) is 0 Å². The average Bonchev–Trinajstić information content (AvgIpc) is 1.90. The van der Waals surface area contributed by atoms with Gasteiger partial charge in [-0.2, -0.15) is 0 Å². The normalized spacial score (nSPS) is 8.11. The molecule has 0 saturated carbocycles. The number of hydrogen-bond donors (Lipinski definition) is 0. The van der Waals surface area contributed by atoms with Crippen molar-refractivity contribution in [2.24, 2.45) is 0 Å². The van der Waals surface area contributed by atoms with E-state index in [4.69, 9.17) is 0 Å². The molecule has 0 N–H and O–H groups in total. The third-order valence-corrected chi connectivity index (χ3v) is 1.01. The molecule has 0 heterocycles. The van der Waals surface area contributed by atoms with Crippen LogP contribution in [0.5, 0.6) is 0 Å².